The third-order valence-electron chi connectivity index (χ3n) is 8.19. The van der Waals surface area contributed by atoms with Crippen LogP contribution in [0.4, 0.5) is 10.1 Å². The number of ether oxygens (including phenoxy) is 1. The number of halogens is 1. The summed E-state index contributed by atoms with van der Waals surface area (Å²) in [6.45, 7) is 6.30. The fourth-order valence-electron chi connectivity index (χ4n) is 5.94. The lowest BCUT2D eigenvalue weighted by Crippen LogP contribution is -2.31. The number of nitrogens with zero attached hydrogens (tertiary/aromatic N) is 4. The molecule has 1 saturated heterocycles. The molecule has 1 aliphatic carbocycles. The maximum atomic E-state index is 14.7. The number of aromatic nitrogens is 3. The van der Waals surface area contributed by atoms with Crippen LogP contribution in [0, 0.1) is 12.7 Å². The zero-order chi connectivity index (χ0) is 31.7. The number of hydrogen-bond donors (Lipinski definition) is 2. The van der Waals surface area contributed by atoms with E-state index in [9.17, 15) is 23.6 Å². The molecule has 6 rings (SSSR count). The molecule has 2 aliphatic rings. The zero-order valence-electron chi connectivity index (χ0n) is 24.6. The van der Waals surface area contributed by atoms with Crippen molar-refractivity contribution in [3.05, 3.63) is 106 Å². The first kappa shape index (κ1) is 29.7. The second-order valence-corrected chi connectivity index (χ2v) is 11.0. The molecule has 1 fully saturated rings. The van der Waals surface area contributed by atoms with E-state index >= 15 is 0 Å². The Morgan fingerprint density at radius 1 is 1.16 bits per heavy atom. The molecule has 0 spiro atoms. The van der Waals surface area contributed by atoms with Crippen molar-refractivity contribution in [1.82, 2.24) is 25.2 Å². The second-order valence-electron chi connectivity index (χ2n) is 11.0. The topological polar surface area (TPSA) is 135 Å². The van der Waals surface area contributed by atoms with E-state index in [0.29, 0.717) is 31.4 Å². The number of benzene rings is 2. The molecule has 0 unspecified atom stereocenters. The van der Waals surface area contributed by atoms with Gasteiger partial charge < -0.3 is 20.3 Å². The van der Waals surface area contributed by atoms with E-state index < -0.39 is 23.6 Å². The molecule has 230 valence electrons. The molecule has 1 atom stereocenters. The molecule has 45 heavy (non-hydrogen) atoms. The Morgan fingerprint density at radius 2 is 2.00 bits per heavy atom. The maximum absolute atomic E-state index is 14.7. The minimum Gasteiger partial charge on any atom is -0.458 e. The zero-order valence-corrected chi connectivity index (χ0v) is 24.6. The van der Waals surface area contributed by atoms with Crippen LogP contribution >= 0.6 is 0 Å². The Bertz CT molecular complexity index is 1870. The van der Waals surface area contributed by atoms with E-state index in [0.717, 1.165) is 45.1 Å². The highest BCUT2D eigenvalue weighted by molar-refractivity contribution is 5.99. The fourth-order valence-corrected chi connectivity index (χ4v) is 5.94. The molecule has 0 radical (unpaired) electrons. The summed E-state index contributed by atoms with van der Waals surface area (Å²) in [6.07, 6.45) is 4.97. The number of nitrogens with one attached hydrogen (secondary N) is 2. The summed E-state index contributed by atoms with van der Waals surface area (Å²) in [5, 5.41) is 9.73. The molecule has 12 heteroatoms. The first-order valence-corrected chi connectivity index (χ1v) is 14.7. The van der Waals surface area contributed by atoms with Crippen LogP contribution in [0.2, 0.25) is 0 Å². The number of amides is 3. The van der Waals surface area contributed by atoms with Gasteiger partial charge >= 0.3 is 5.97 Å². The maximum Gasteiger partial charge on any atom is 0.338 e. The van der Waals surface area contributed by atoms with E-state index in [-0.39, 0.29) is 42.1 Å². The van der Waals surface area contributed by atoms with Gasteiger partial charge in [0, 0.05) is 31.3 Å². The molecule has 0 bridgehead atoms. The standard InChI is InChI=1S/C33H31FN6O5/c1-3-14-45-33(44)23-9-10-24-22(19(23)2)11-12-26(24)38-32(43)28-16-27(37-30-25(34)18-36-40(28)30)31(42)35-17-20-6-4-7-21(15-20)39-13-5-8-29(39)41/h3-4,6-7,9-10,15-16,18,26H,1,5,8,11-14,17H2,2H3,(H,35,42)(H,38,43)/t26-/m0/s1. The number of fused-ring (bicyclic) bond motifs is 2. The van der Waals surface area contributed by atoms with Crippen LogP contribution in [0.3, 0.4) is 0 Å². The van der Waals surface area contributed by atoms with Crippen molar-refractivity contribution in [2.24, 2.45) is 0 Å². The summed E-state index contributed by atoms with van der Waals surface area (Å²) in [6, 6.07) is 11.7. The number of carbonyl (C=O) groups is 4. The van der Waals surface area contributed by atoms with Crippen molar-refractivity contribution >= 4 is 35.0 Å². The van der Waals surface area contributed by atoms with Crippen molar-refractivity contribution in [2.45, 2.75) is 45.2 Å². The molecule has 11 nitrogen and oxygen atoms in total. The van der Waals surface area contributed by atoms with E-state index in [2.05, 4.69) is 27.3 Å². The average Bonchev–Trinajstić information content (AvgIpc) is 3.77. The summed E-state index contributed by atoms with van der Waals surface area (Å²) in [7, 11) is 0. The SMILES string of the molecule is C=CCOC(=O)c1ccc2c(c1C)CC[C@@H]2NC(=O)c1cc(C(=O)NCc2cccc(N3CCCC3=O)c2)nc2c(F)cnn12. The number of rotatable bonds is 9. The van der Waals surface area contributed by atoms with Gasteiger partial charge in [-0.25, -0.2) is 18.7 Å². The summed E-state index contributed by atoms with van der Waals surface area (Å²) in [5.41, 5.74) is 4.13. The van der Waals surface area contributed by atoms with Crippen LogP contribution in [-0.4, -0.2) is 51.4 Å². The lowest BCUT2D eigenvalue weighted by molar-refractivity contribution is -0.117. The van der Waals surface area contributed by atoms with E-state index in [1.165, 1.54) is 12.1 Å². The lowest BCUT2D eigenvalue weighted by atomic mass is 9.98. The highest BCUT2D eigenvalue weighted by Crippen LogP contribution is 2.35. The normalized spacial score (nSPS) is 15.6. The molecular formula is C33H31FN6O5. The van der Waals surface area contributed by atoms with Gasteiger partial charge in [-0.3, -0.25) is 14.4 Å². The Hall–Kier alpha value is -5.39. The average molecular weight is 611 g/mol. The van der Waals surface area contributed by atoms with Crippen molar-refractivity contribution < 1.29 is 28.3 Å². The molecule has 1 aliphatic heterocycles. The quantitative estimate of drug-likeness (QED) is 0.216. The first-order valence-electron chi connectivity index (χ1n) is 14.7. The molecule has 3 heterocycles. The summed E-state index contributed by atoms with van der Waals surface area (Å²) >= 11 is 0. The fraction of sp³-hybridized carbons (Fsp3) is 0.273. The number of hydrogen-bond acceptors (Lipinski definition) is 7. The van der Waals surface area contributed by atoms with Gasteiger partial charge in [0.05, 0.1) is 17.8 Å². The number of esters is 1. The number of carbonyl (C=O) groups excluding carboxylic acids is 4. The van der Waals surface area contributed by atoms with Crippen LogP contribution in [-0.2, 0) is 22.5 Å². The smallest absolute Gasteiger partial charge is 0.338 e. The van der Waals surface area contributed by atoms with Gasteiger partial charge in [0.1, 0.15) is 18.0 Å². The molecule has 0 saturated carbocycles. The minimum absolute atomic E-state index is 0.0570. The third kappa shape index (κ3) is 5.78. The summed E-state index contributed by atoms with van der Waals surface area (Å²) < 4.78 is 20.9. The Kier molecular flexibility index (Phi) is 8.12. The van der Waals surface area contributed by atoms with E-state index in [1.54, 1.807) is 17.0 Å². The highest BCUT2D eigenvalue weighted by Gasteiger charge is 2.29. The Morgan fingerprint density at radius 3 is 2.78 bits per heavy atom. The van der Waals surface area contributed by atoms with Crippen molar-refractivity contribution in [1.29, 1.82) is 0 Å². The Labute approximate surface area is 258 Å². The van der Waals surface area contributed by atoms with Gasteiger partial charge in [-0.15, -0.1) is 0 Å². The molecular weight excluding hydrogens is 579 g/mol. The van der Waals surface area contributed by atoms with Gasteiger partial charge in [-0.2, -0.15) is 5.10 Å². The predicted octanol–water partition coefficient (Wildman–Crippen LogP) is 3.99. The first-order chi connectivity index (χ1) is 21.7. The largest absolute Gasteiger partial charge is 0.458 e. The second kappa shape index (κ2) is 12.3. The van der Waals surface area contributed by atoms with E-state index in [1.807, 2.05) is 31.2 Å². The Balaban J connectivity index is 1.20. The highest BCUT2D eigenvalue weighted by atomic mass is 19.1. The summed E-state index contributed by atoms with van der Waals surface area (Å²) in [5.74, 6) is -2.32. The third-order valence-corrected chi connectivity index (χ3v) is 8.19. The van der Waals surface area contributed by atoms with Gasteiger partial charge in [0.25, 0.3) is 11.8 Å². The summed E-state index contributed by atoms with van der Waals surface area (Å²) in [4.78, 5) is 57.2. The lowest BCUT2D eigenvalue weighted by Gasteiger charge is -2.17. The van der Waals surface area contributed by atoms with Crippen LogP contribution < -0.4 is 15.5 Å². The van der Waals surface area contributed by atoms with Crippen LogP contribution in [0.25, 0.3) is 5.65 Å². The van der Waals surface area contributed by atoms with Gasteiger partial charge in [0.15, 0.2) is 11.5 Å². The van der Waals surface area contributed by atoms with Crippen LogP contribution in [0.15, 0.2) is 61.3 Å². The molecule has 3 amide bonds. The minimum atomic E-state index is -0.778. The predicted molar refractivity (Wildman–Crippen MR) is 162 cm³/mol. The van der Waals surface area contributed by atoms with Gasteiger partial charge in [0.2, 0.25) is 5.91 Å². The van der Waals surface area contributed by atoms with Crippen molar-refractivity contribution in [3.63, 3.8) is 0 Å². The molecule has 2 aromatic heterocycles. The van der Waals surface area contributed by atoms with Crippen LogP contribution in [0.5, 0.6) is 0 Å². The number of anilines is 1. The van der Waals surface area contributed by atoms with Gasteiger partial charge in [-0.05, 0) is 66.6 Å². The molecule has 2 N–H and O–H groups in total. The van der Waals surface area contributed by atoms with Crippen molar-refractivity contribution in [2.75, 3.05) is 18.1 Å². The van der Waals surface area contributed by atoms with Crippen molar-refractivity contribution in [3.8, 4) is 0 Å². The molecule has 2 aromatic carbocycles. The monoisotopic (exact) mass is 610 g/mol. The van der Waals surface area contributed by atoms with Gasteiger partial charge in [-0.1, -0.05) is 30.9 Å². The van der Waals surface area contributed by atoms with Crippen LogP contribution in [0.1, 0.15) is 78.9 Å². The molecule has 4 aromatic rings. The van der Waals surface area contributed by atoms with E-state index in [4.69, 9.17) is 4.74 Å².